The summed E-state index contributed by atoms with van der Waals surface area (Å²) >= 11 is 0. The van der Waals surface area contributed by atoms with Crippen molar-refractivity contribution >= 4 is 28.3 Å². The molecule has 26 heavy (non-hydrogen) atoms. The number of amides is 2. The molecule has 3 aromatic rings. The molecule has 1 atom stereocenters. The number of imidazole rings is 1. The van der Waals surface area contributed by atoms with Crippen molar-refractivity contribution in [3.05, 3.63) is 60.2 Å². The van der Waals surface area contributed by atoms with Crippen LogP contribution < -0.4 is 10.2 Å². The number of carbonyl (C=O) groups excluding carboxylic acids is 2. The molecule has 0 aliphatic carbocycles. The number of nitrogens with zero attached hydrogens (tertiary/aromatic N) is 3. The van der Waals surface area contributed by atoms with Crippen molar-refractivity contribution in [2.75, 3.05) is 4.90 Å². The molecule has 1 aliphatic heterocycles. The second-order valence-electron chi connectivity index (χ2n) is 6.38. The predicted molar refractivity (Wildman–Crippen MR) is 100.0 cm³/mol. The quantitative estimate of drug-likeness (QED) is 0.771. The molecule has 6 nitrogen and oxygen atoms in total. The Bertz CT molecular complexity index is 1000. The highest BCUT2D eigenvalue weighted by atomic mass is 16.2. The zero-order valence-electron chi connectivity index (χ0n) is 14.8. The van der Waals surface area contributed by atoms with E-state index in [1.807, 2.05) is 54.1 Å². The molecule has 2 heterocycles. The fourth-order valence-electron chi connectivity index (χ4n) is 3.55. The second-order valence-corrected chi connectivity index (χ2v) is 6.38. The first kappa shape index (κ1) is 16.3. The minimum absolute atomic E-state index is 0.130. The Kier molecular flexibility index (Phi) is 3.95. The molecular weight excluding hydrogens is 328 g/mol. The third kappa shape index (κ3) is 2.45. The number of nitrogens with one attached hydrogen (secondary N) is 1. The van der Waals surface area contributed by atoms with Crippen molar-refractivity contribution in [2.24, 2.45) is 0 Å². The lowest BCUT2D eigenvalue weighted by atomic mass is 10.1. The van der Waals surface area contributed by atoms with Gasteiger partial charge >= 0.3 is 0 Å². The highest BCUT2D eigenvalue weighted by Crippen LogP contribution is 2.38. The molecular formula is C20H20N4O2. The summed E-state index contributed by atoms with van der Waals surface area (Å²) in [4.78, 5) is 31.4. The topological polar surface area (TPSA) is 67.2 Å². The lowest BCUT2D eigenvalue weighted by molar-refractivity contribution is -0.122. The summed E-state index contributed by atoms with van der Waals surface area (Å²) in [5.74, 6) is 0.467. The number of carbonyl (C=O) groups is 2. The van der Waals surface area contributed by atoms with E-state index in [-0.39, 0.29) is 11.8 Å². The van der Waals surface area contributed by atoms with Crippen molar-refractivity contribution in [1.82, 2.24) is 14.9 Å². The number of aryl methyl sites for hydroxylation is 1. The van der Waals surface area contributed by atoms with Crippen molar-refractivity contribution in [3.63, 3.8) is 0 Å². The Morgan fingerprint density at radius 3 is 2.77 bits per heavy atom. The molecule has 0 fully saturated rings. The van der Waals surface area contributed by atoms with Gasteiger partial charge in [0.15, 0.2) is 0 Å². The molecule has 4 rings (SSSR count). The number of rotatable bonds is 5. The molecule has 0 unspecified atom stereocenters. The van der Waals surface area contributed by atoms with E-state index in [9.17, 15) is 9.59 Å². The van der Waals surface area contributed by atoms with Gasteiger partial charge < -0.3 is 9.88 Å². The van der Waals surface area contributed by atoms with Gasteiger partial charge in [0, 0.05) is 29.9 Å². The minimum Gasteiger partial charge on any atom is -0.347 e. The summed E-state index contributed by atoms with van der Waals surface area (Å²) in [6.07, 6.45) is 3.60. The van der Waals surface area contributed by atoms with E-state index in [0.717, 1.165) is 28.8 Å². The summed E-state index contributed by atoms with van der Waals surface area (Å²) in [6.45, 7) is 4.91. The van der Waals surface area contributed by atoms with Gasteiger partial charge in [0.2, 0.25) is 5.91 Å². The van der Waals surface area contributed by atoms with Gasteiger partial charge in [-0.25, -0.2) is 4.98 Å². The van der Waals surface area contributed by atoms with Crippen LogP contribution in [0.3, 0.4) is 0 Å². The fourth-order valence-corrected chi connectivity index (χ4v) is 3.55. The fraction of sp³-hybridized carbons (Fsp3) is 0.250. The predicted octanol–water partition coefficient (Wildman–Crippen LogP) is 2.72. The van der Waals surface area contributed by atoms with Crippen LogP contribution in [-0.2, 0) is 17.9 Å². The Morgan fingerprint density at radius 2 is 2.00 bits per heavy atom. The van der Waals surface area contributed by atoms with Gasteiger partial charge in [-0.2, -0.15) is 0 Å². The van der Waals surface area contributed by atoms with E-state index < -0.39 is 6.04 Å². The van der Waals surface area contributed by atoms with Crippen LogP contribution in [0.1, 0.15) is 30.0 Å². The van der Waals surface area contributed by atoms with E-state index in [1.54, 1.807) is 18.0 Å². The van der Waals surface area contributed by atoms with Crippen molar-refractivity contribution in [3.8, 4) is 0 Å². The van der Waals surface area contributed by atoms with Crippen LogP contribution in [0.2, 0.25) is 0 Å². The molecule has 0 saturated heterocycles. The van der Waals surface area contributed by atoms with Gasteiger partial charge in [-0.15, -0.1) is 0 Å². The minimum atomic E-state index is -0.606. The van der Waals surface area contributed by atoms with E-state index in [0.29, 0.717) is 12.1 Å². The lowest BCUT2D eigenvalue weighted by Crippen LogP contribution is -2.46. The normalized spacial score (nSPS) is 14.1. The van der Waals surface area contributed by atoms with Crippen LogP contribution in [0.5, 0.6) is 0 Å². The lowest BCUT2D eigenvalue weighted by Gasteiger charge is -2.24. The van der Waals surface area contributed by atoms with Crippen LogP contribution >= 0.6 is 0 Å². The number of anilines is 1. The van der Waals surface area contributed by atoms with E-state index >= 15 is 0 Å². The average molecular weight is 348 g/mol. The maximum atomic E-state index is 12.9. The molecule has 0 radical (unpaired) electrons. The Morgan fingerprint density at radius 1 is 1.23 bits per heavy atom. The van der Waals surface area contributed by atoms with Crippen molar-refractivity contribution in [1.29, 1.82) is 0 Å². The molecule has 1 N–H and O–H groups in total. The monoisotopic (exact) mass is 348 g/mol. The number of hydrogen-bond donors (Lipinski definition) is 1. The third-order valence-electron chi connectivity index (χ3n) is 4.92. The third-order valence-corrected chi connectivity index (χ3v) is 4.92. The van der Waals surface area contributed by atoms with Crippen molar-refractivity contribution in [2.45, 2.75) is 33.0 Å². The molecule has 1 aliphatic rings. The van der Waals surface area contributed by atoms with Crippen LogP contribution in [0.4, 0.5) is 5.69 Å². The molecule has 0 bridgehead atoms. The molecule has 1 aromatic heterocycles. The van der Waals surface area contributed by atoms with E-state index in [1.165, 1.54) is 0 Å². The van der Waals surface area contributed by atoms with Crippen LogP contribution in [0, 0.1) is 0 Å². The number of benzene rings is 2. The van der Waals surface area contributed by atoms with Crippen LogP contribution in [0.25, 0.3) is 10.8 Å². The first-order valence-electron chi connectivity index (χ1n) is 8.75. The molecule has 0 spiro atoms. The average Bonchev–Trinajstić information content (AvgIpc) is 3.23. The van der Waals surface area contributed by atoms with Gasteiger partial charge in [0.05, 0.1) is 12.2 Å². The van der Waals surface area contributed by atoms with Gasteiger partial charge in [0.1, 0.15) is 11.9 Å². The van der Waals surface area contributed by atoms with Crippen LogP contribution in [-0.4, -0.2) is 27.4 Å². The highest BCUT2D eigenvalue weighted by Gasteiger charge is 2.35. The molecule has 2 aromatic carbocycles. The van der Waals surface area contributed by atoms with Gasteiger partial charge in [-0.05, 0) is 31.4 Å². The standard InChI is InChI=1S/C20H20N4O2/c1-3-23-11-10-21-17(23)12-22-19(25)13(2)24-16-9-5-7-14-6-4-8-15(18(14)16)20(24)26/h4-11,13H,3,12H2,1-2H3,(H,22,25)/t13-/m0/s1. The summed E-state index contributed by atoms with van der Waals surface area (Å²) in [5.41, 5.74) is 1.44. The Hall–Kier alpha value is -3.15. The van der Waals surface area contributed by atoms with E-state index in [2.05, 4.69) is 10.3 Å². The number of hydrogen-bond acceptors (Lipinski definition) is 3. The SMILES string of the molecule is CCn1ccnc1CNC(=O)[C@H](C)N1C(=O)c2cccc3cccc1c23. The molecule has 6 heteroatoms. The van der Waals surface area contributed by atoms with Gasteiger partial charge in [0.25, 0.3) is 5.91 Å². The first-order chi connectivity index (χ1) is 12.6. The summed E-state index contributed by atoms with van der Waals surface area (Å²) in [6, 6.07) is 10.9. The maximum Gasteiger partial charge on any atom is 0.259 e. The Balaban J connectivity index is 1.57. The molecule has 132 valence electrons. The Labute approximate surface area is 151 Å². The van der Waals surface area contributed by atoms with Gasteiger partial charge in [-0.3, -0.25) is 14.5 Å². The zero-order chi connectivity index (χ0) is 18.3. The summed E-state index contributed by atoms with van der Waals surface area (Å²) in [5, 5.41) is 4.83. The number of aromatic nitrogens is 2. The van der Waals surface area contributed by atoms with Gasteiger partial charge in [-0.1, -0.05) is 24.3 Å². The maximum absolute atomic E-state index is 12.9. The van der Waals surface area contributed by atoms with Crippen LogP contribution in [0.15, 0.2) is 48.8 Å². The second kappa shape index (κ2) is 6.29. The molecule has 0 saturated carbocycles. The summed E-state index contributed by atoms with van der Waals surface area (Å²) < 4.78 is 1.97. The molecule has 2 amide bonds. The zero-order valence-corrected chi connectivity index (χ0v) is 14.8. The smallest absolute Gasteiger partial charge is 0.259 e. The summed E-state index contributed by atoms with van der Waals surface area (Å²) in [7, 11) is 0. The largest absolute Gasteiger partial charge is 0.347 e. The van der Waals surface area contributed by atoms with E-state index in [4.69, 9.17) is 0 Å². The first-order valence-corrected chi connectivity index (χ1v) is 8.75. The van der Waals surface area contributed by atoms with Crippen molar-refractivity contribution < 1.29 is 9.59 Å². The highest BCUT2D eigenvalue weighted by molar-refractivity contribution is 6.26.